The lowest BCUT2D eigenvalue weighted by Crippen LogP contribution is -2.48. The summed E-state index contributed by atoms with van der Waals surface area (Å²) in [5, 5.41) is 9.21. The van der Waals surface area contributed by atoms with E-state index in [0.717, 1.165) is 28.7 Å². The number of unbranched alkanes of at least 4 members (excludes halogenated alkanes) is 1. The maximum atomic E-state index is 13.2. The van der Waals surface area contributed by atoms with Crippen molar-refractivity contribution < 1.29 is 19.0 Å². The molecule has 2 atom stereocenters. The van der Waals surface area contributed by atoms with Crippen molar-refractivity contribution in [3.05, 3.63) is 95.8 Å². The summed E-state index contributed by atoms with van der Waals surface area (Å²) < 4.78 is 19.3. The predicted octanol–water partition coefficient (Wildman–Crippen LogP) is 6.45. The molecule has 0 radical (unpaired) electrons. The fraction of sp³-hybridized carbons (Fsp3) is 0.321. The highest BCUT2D eigenvalue weighted by molar-refractivity contribution is 5.70. The molecular formula is C28H30FNO3. The van der Waals surface area contributed by atoms with E-state index in [1.54, 1.807) is 17.0 Å². The normalized spacial score (nSPS) is 19.2. The fourth-order valence-electron chi connectivity index (χ4n) is 4.59. The number of carbonyl (C=O) groups is 1. The second kappa shape index (κ2) is 10.2. The summed E-state index contributed by atoms with van der Waals surface area (Å²) in [5.41, 5.74) is 3.32. The number of ether oxygens (including phenoxy) is 1. The molecule has 1 aliphatic rings. The lowest BCUT2D eigenvalue weighted by atomic mass is 9.84. The number of hydrogen-bond donors (Lipinski definition) is 1. The largest absolute Gasteiger partial charge is 0.438 e. The molecule has 1 N–H and O–H groups in total. The summed E-state index contributed by atoms with van der Waals surface area (Å²) in [4.78, 5) is 14.9. The molecule has 0 unspecified atom stereocenters. The maximum absolute atomic E-state index is 13.2. The highest BCUT2D eigenvalue weighted by Crippen LogP contribution is 2.40. The van der Waals surface area contributed by atoms with Crippen LogP contribution in [0.5, 0.6) is 0 Å². The van der Waals surface area contributed by atoms with Crippen molar-refractivity contribution in [1.29, 1.82) is 0 Å². The third-order valence-electron chi connectivity index (χ3n) is 6.60. The third kappa shape index (κ3) is 5.09. The van der Waals surface area contributed by atoms with Gasteiger partial charge in [-0.05, 0) is 60.6 Å². The average Bonchev–Trinajstić information content (AvgIpc) is 2.85. The summed E-state index contributed by atoms with van der Waals surface area (Å²) in [6.45, 7) is 2.74. The Hall–Kier alpha value is -3.18. The molecule has 33 heavy (non-hydrogen) atoms. The molecule has 0 aliphatic carbocycles. The van der Waals surface area contributed by atoms with Gasteiger partial charge in [-0.25, -0.2) is 9.18 Å². The number of cyclic esters (lactones) is 1. The number of rotatable bonds is 8. The summed E-state index contributed by atoms with van der Waals surface area (Å²) in [5.74, 6) is -0.254. The Morgan fingerprint density at radius 3 is 2.21 bits per heavy atom. The van der Waals surface area contributed by atoms with Crippen LogP contribution in [0.3, 0.4) is 0 Å². The van der Waals surface area contributed by atoms with Gasteiger partial charge >= 0.3 is 6.09 Å². The van der Waals surface area contributed by atoms with E-state index >= 15 is 0 Å². The van der Waals surface area contributed by atoms with Crippen LogP contribution in [0.4, 0.5) is 9.18 Å². The van der Waals surface area contributed by atoms with Gasteiger partial charge in [0, 0.05) is 19.6 Å². The monoisotopic (exact) mass is 447 g/mol. The van der Waals surface area contributed by atoms with Crippen LogP contribution in [-0.4, -0.2) is 29.3 Å². The van der Waals surface area contributed by atoms with Crippen LogP contribution in [0.15, 0.2) is 78.9 Å². The Kier molecular flexibility index (Phi) is 7.09. The third-order valence-corrected chi connectivity index (χ3v) is 6.60. The highest BCUT2D eigenvalue weighted by Gasteiger charge is 2.43. The Morgan fingerprint density at radius 2 is 1.61 bits per heavy atom. The zero-order valence-corrected chi connectivity index (χ0v) is 18.9. The second-order valence-electron chi connectivity index (χ2n) is 8.66. The molecule has 172 valence electrons. The minimum Gasteiger partial charge on any atom is -0.438 e. The van der Waals surface area contributed by atoms with E-state index in [-0.39, 0.29) is 24.6 Å². The van der Waals surface area contributed by atoms with Crippen molar-refractivity contribution >= 4 is 6.09 Å². The van der Waals surface area contributed by atoms with Crippen molar-refractivity contribution in [2.75, 3.05) is 13.2 Å². The minimum absolute atomic E-state index is 0.133. The van der Waals surface area contributed by atoms with Crippen molar-refractivity contribution in [2.45, 2.75) is 44.2 Å². The van der Waals surface area contributed by atoms with Crippen LogP contribution in [0, 0.1) is 5.82 Å². The van der Waals surface area contributed by atoms with E-state index < -0.39 is 5.60 Å². The molecule has 4 nitrogen and oxygen atoms in total. The maximum Gasteiger partial charge on any atom is 0.411 e. The van der Waals surface area contributed by atoms with Gasteiger partial charge in [0.25, 0.3) is 0 Å². The molecule has 0 saturated carbocycles. The van der Waals surface area contributed by atoms with Gasteiger partial charge < -0.3 is 14.7 Å². The Labute approximate surface area is 194 Å². The number of carbonyl (C=O) groups excluding carboxylic acids is 1. The van der Waals surface area contributed by atoms with Crippen molar-refractivity contribution in [1.82, 2.24) is 4.90 Å². The second-order valence-corrected chi connectivity index (χ2v) is 8.66. The molecule has 5 heteroatoms. The van der Waals surface area contributed by atoms with Gasteiger partial charge in [-0.15, -0.1) is 0 Å². The zero-order chi connectivity index (χ0) is 23.3. The minimum atomic E-state index is -0.657. The predicted molar refractivity (Wildman–Crippen MR) is 127 cm³/mol. The Bertz CT molecular complexity index is 1050. The quantitative estimate of drug-likeness (QED) is 0.404. The smallest absolute Gasteiger partial charge is 0.411 e. The Balaban J connectivity index is 1.49. The molecule has 3 aromatic rings. The molecule has 3 aromatic carbocycles. The van der Waals surface area contributed by atoms with Gasteiger partial charge in [-0.2, -0.15) is 0 Å². The molecule has 1 heterocycles. The molecule has 0 aromatic heterocycles. The van der Waals surface area contributed by atoms with E-state index in [4.69, 9.17) is 4.74 Å². The number of amides is 1. The number of nitrogens with zero attached hydrogens (tertiary/aromatic N) is 1. The first-order valence-corrected chi connectivity index (χ1v) is 11.5. The molecule has 0 spiro atoms. The molecule has 1 saturated heterocycles. The lowest BCUT2D eigenvalue weighted by Gasteiger charge is -2.43. The molecule has 1 amide bonds. The number of aliphatic hydroxyl groups is 1. The van der Waals surface area contributed by atoms with Crippen LogP contribution in [-0.2, 0) is 10.3 Å². The van der Waals surface area contributed by atoms with E-state index in [2.05, 4.69) is 0 Å². The van der Waals surface area contributed by atoms with Gasteiger partial charge in [0.05, 0.1) is 6.04 Å². The molecule has 1 aliphatic heterocycles. The number of hydrogen-bond acceptors (Lipinski definition) is 3. The fourth-order valence-corrected chi connectivity index (χ4v) is 4.59. The van der Waals surface area contributed by atoms with Crippen molar-refractivity contribution in [2.24, 2.45) is 0 Å². The molecular weight excluding hydrogens is 417 g/mol. The van der Waals surface area contributed by atoms with Gasteiger partial charge in [0.15, 0.2) is 0 Å². The lowest BCUT2D eigenvalue weighted by molar-refractivity contribution is -0.0669. The SMILES string of the molecule is C[C@@H](c1ccc(-c2ccc(F)cc2)cc1)N1CC[C@](CCCCO)(c2ccccc2)OC1=O. The van der Waals surface area contributed by atoms with Gasteiger partial charge in [0.1, 0.15) is 11.4 Å². The number of benzene rings is 3. The topological polar surface area (TPSA) is 49.8 Å². The molecule has 0 bridgehead atoms. The average molecular weight is 448 g/mol. The van der Waals surface area contributed by atoms with E-state index in [0.29, 0.717) is 25.8 Å². The summed E-state index contributed by atoms with van der Waals surface area (Å²) >= 11 is 0. The highest BCUT2D eigenvalue weighted by atomic mass is 19.1. The van der Waals surface area contributed by atoms with E-state index in [1.165, 1.54) is 12.1 Å². The standard InChI is InChI=1S/C28H30FNO3/c1-21(22-9-11-23(12-10-22)24-13-15-26(29)16-14-24)30-19-18-28(33-27(30)32,17-5-6-20-31)25-7-3-2-4-8-25/h2-4,7-16,21,31H,5-6,17-20H2,1H3/t21-,28+/m0/s1. The summed E-state index contributed by atoms with van der Waals surface area (Å²) in [6.07, 6.45) is 2.56. The molecule has 4 rings (SSSR count). The van der Waals surface area contributed by atoms with Crippen molar-refractivity contribution in [3.8, 4) is 11.1 Å². The van der Waals surface area contributed by atoms with Crippen LogP contribution in [0.2, 0.25) is 0 Å². The van der Waals surface area contributed by atoms with Crippen LogP contribution >= 0.6 is 0 Å². The van der Waals surface area contributed by atoms with Crippen LogP contribution < -0.4 is 0 Å². The summed E-state index contributed by atoms with van der Waals surface area (Å²) in [7, 11) is 0. The first-order valence-electron chi connectivity index (χ1n) is 11.5. The van der Waals surface area contributed by atoms with Crippen molar-refractivity contribution in [3.63, 3.8) is 0 Å². The van der Waals surface area contributed by atoms with Gasteiger partial charge in [0.2, 0.25) is 0 Å². The van der Waals surface area contributed by atoms with Gasteiger partial charge in [-0.1, -0.05) is 66.7 Å². The first kappa shape index (κ1) is 23.0. The Morgan fingerprint density at radius 1 is 0.970 bits per heavy atom. The number of aliphatic hydroxyl groups excluding tert-OH is 1. The van der Waals surface area contributed by atoms with Gasteiger partial charge in [-0.3, -0.25) is 0 Å². The zero-order valence-electron chi connectivity index (χ0n) is 18.9. The van der Waals surface area contributed by atoms with E-state index in [9.17, 15) is 14.3 Å². The van der Waals surface area contributed by atoms with Crippen LogP contribution in [0.1, 0.15) is 49.8 Å². The first-order chi connectivity index (χ1) is 16.0. The van der Waals surface area contributed by atoms with E-state index in [1.807, 2.05) is 61.5 Å². The van der Waals surface area contributed by atoms with Crippen LogP contribution in [0.25, 0.3) is 11.1 Å². The number of halogens is 1. The summed E-state index contributed by atoms with van der Waals surface area (Å²) in [6, 6.07) is 24.2. The molecule has 1 fully saturated rings.